The number of carbonyl (C=O) groups excluding carboxylic acids is 1. The molecule has 0 radical (unpaired) electrons. The van der Waals surface area contributed by atoms with Gasteiger partial charge in [0.25, 0.3) is 10.1 Å². The van der Waals surface area contributed by atoms with E-state index in [0.29, 0.717) is 5.56 Å². The van der Waals surface area contributed by atoms with Crippen LogP contribution in [0.4, 0.5) is 0 Å². The largest absolute Gasteiger partial charge is 0.480 e. The van der Waals surface area contributed by atoms with Gasteiger partial charge in [0.2, 0.25) is 5.91 Å². The summed E-state index contributed by atoms with van der Waals surface area (Å²) in [5.74, 6) is -3.77. The second-order valence-corrected chi connectivity index (χ2v) is 5.74. The van der Waals surface area contributed by atoms with Crippen LogP contribution in [-0.4, -0.2) is 42.3 Å². The van der Waals surface area contributed by atoms with Crippen molar-refractivity contribution < 1.29 is 27.7 Å². The minimum Gasteiger partial charge on any atom is -0.480 e. The van der Waals surface area contributed by atoms with Crippen LogP contribution in [0.15, 0.2) is 30.3 Å². The standard InChI is InChI=1S/C12H15NO6S/c14-11(15)7-13-12(16)10(8-20(17,18)19)6-9-4-2-1-3-5-9/h1-5,10H,6-8H2,(H,13,16)(H,14,15)(H,17,18,19). The predicted octanol–water partition coefficient (Wildman–Crippen LogP) is -0.0661. The molecule has 20 heavy (non-hydrogen) atoms. The van der Waals surface area contributed by atoms with Crippen LogP contribution in [0.25, 0.3) is 0 Å². The van der Waals surface area contributed by atoms with Crippen molar-refractivity contribution in [2.24, 2.45) is 5.92 Å². The fourth-order valence-corrected chi connectivity index (χ4v) is 2.46. The van der Waals surface area contributed by atoms with Crippen molar-refractivity contribution in [3.8, 4) is 0 Å². The molecule has 1 unspecified atom stereocenters. The minimum absolute atomic E-state index is 0.0894. The Kier molecular flexibility index (Phi) is 5.66. The van der Waals surface area contributed by atoms with Gasteiger partial charge in [-0.25, -0.2) is 0 Å². The van der Waals surface area contributed by atoms with Gasteiger partial charge in [-0.2, -0.15) is 8.42 Å². The Labute approximate surface area is 116 Å². The van der Waals surface area contributed by atoms with Crippen LogP contribution in [-0.2, 0) is 26.1 Å². The number of nitrogens with one attached hydrogen (secondary N) is 1. The maximum atomic E-state index is 11.8. The van der Waals surface area contributed by atoms with E-state index in [1.165, 1.54) is 0 Å². The molecule has 7 nitrogen and oxygen atoms in total. The molecule has 0 spiro atoms. The van der Waals surface area contributed by atoms with Gasteiger partial charge in [0, 0.05) is 0 Å². The zero-order chi connectivity index (χ0) is 15.2. The molecule has 110 valence electrons. The molecule has 0 fully saturated rings. The van der Waals surface area contributed by atoms with E-state index in [4.69, 9.17) is 9.66 Å². The van der Waals surface area contributed by atoms with Crippen molar-refractivity contribution in [3.63, 3.8) is 0 Å². The smallest absolute Gasteiger partial charge is 0.322 e. The average Bonchev–Trinajstić information content (AvgIpc) is 2.34. The van der Waals surface area contributed by atoms with Crippen LogP contribution < -0.4 is 5.32 Å². The Balaban J connectivity index is 2.79. The number of rotatable bonds is 7. The third kappa shape index (κ3) is 6.30. The van der Waals surface area contributed by atoms with E-state index in [9.17, 15) is 18.0 Å². The quantitative estimate of drug-likeness (QED) is 0.606. The van der Waals surface area contributed by atoms with Gasteiger partial charge in [-0.3, -0.25) is 14.1 Å². The van der Waals surface area contributed by atoms with Gasteiger partial charge in [0.05, 0.1) is 11.7 Å². The van der Waals surface area contributed by atoms with E-state index in [1.54, 1.807) is 30.3 Å². The maximum absolute atomic E-state index is 11.8. The summed E-state index contributed by atoms with van der Waals surface area (Å²) in [4.78, 5) is 22.2. The fourth-order valence-electron chi connectivity index (χ4n) is 1.69. The van der Waals surface area contributed by atoms with Gasteiger partial charge in [-0.05, 0) is 12.0 Å². The molecule has 1 rings (SSSR count). The molecule has 0 aliphatic carbocycles. The van der Waals surface area contributed by atoms with E-state index >= 15 is 0 Å². The highest BCUT2D eigenvalue weighted by atomic mass is 32.2. The maximum Gasteiger partial charge on any atom is 0.322 e. The van der Waals surface area contributed by atoms with E-state index in [-0.39, 0.29) is 6.42 Å². The van der Waals surface area contributed by atoms with E-state index < -0.39 is 40.2 Å². The van der Waals surface area contributed by atoms with Crippen LogP contribution in [0.2, 0.25) is 0 Å². The van der Waals surface area contributed by atoms with Crippen molar-refractivity contribution in [2.45, 2.75) is 6.42 Å². The number of carbonyl (C=O) groups is 2. The molecule has 0 saturated carbocycles. The van der Waals surface area contributed by atoms with E-state index in [1.807, 2.05) is 0 Å². The summed E-state index contributed by atoms with van der Waals surface area (Å²) < 4.78 is 30.7. The molecule has 1 aromatic rings. The highest BCUT2D eigenvalue weighted by Crippen LogP contribution is 2.11. The molecule has 0 bridgehead atoms. The van der Waals surface area contributed by atoms with Gasteiger partial charge in [-0.1, -0.05) is 30.3 Å². The third-order valence-corrected chi connectivity index (χ3v) is 3.34. The minimum atomic E-state index is -4.34. The Bertz CT molecular complexity index is 569. The van der Waals surface area contributed by atoms with Crippen molar-refractivity contribution >= 4 is 22.0 Å². The highest BCUT2D eigenvalue weighted by molar-refractivity contribution is 7.85. The van der Waals surface area contributed by atoms with Crippen LogP contribution in [0.5, 0.6) is 0 Å². The lowest BCUT2D eigenvalue weighted by atomic mass is 10.0. The van der Waals surface area contributed by atoms with E-state index in [2.05, 4.69) is 5.32 Å². The highest BCUT2D eigenvalue weighted by Gasteiger charge is 2.25. The van der Waals surface area contributed by atoms with Crippen LogP contribution in [0, 0.1) is 5.92 Å². The first kappa shape index (κ1) is 16.1. The molecule has 0 aromatic heterocycles. The van der Waals surface area contributed by atoms with Crippen molar-refractivity contribution in [3.05, 3.63) is 35.9 Å². The first-order valence-electron chi connectivity index (χ1n) is 5.76. The van der Waals surface area contributed by atoms with E-state index in [0.717, 1.165) is 0 Å². The third-order valence-electron chi connectivity index (χ3n) is 2.52. The second-order valence-electron chi connectivity index (χ2n) is 4.25. The summed E-state index contributed by atoms with van der Waals surface area (Å²) in [6.45, 7) is -0.602. The molecule has 3 N–H and O–H groups in total. The van der Waals surface area contributed by atoms with Gasteiger partial charge in [0.1, 0.15) is 6.54 Å². The number of aliphatic carboxylic acids is 1. The van der Waals surface area contributed by atoms with Gasteiger partial charge < -0.3 is 10.4 Å². The molecule has 1 atom stereocenters. The Morgan fingerprint density at radius 3 is 2.30 bits per heavy atom. The second kappa shape index (κ2) is 7.01. The van der Waals surface area contributed by atoms with Crippen molar-refractivity contribution in [1.82, 2.24) is 5.32 Å². The number of amides is 1. The molecule has 1 amide bonds. The van der Waals surface area contributed by atoms with Gasteiger partial charge in [-0.15, -0.1) is 0 Å². The zero-order valence-electron chi connectivity index (χ0n) is 10.5. The first-order chi connectivity index (χ1) is 9.28. The normalized spacial score (nSPS) is 12.7. The van der Waals surface area contributed by atoms with Gasteiger partial charge >= 0.3 is 5.97 Å². The number of hydrogen-bond donors (Lipinski definition) is 3. The molecular weight excluding hydrogens is 286 g/mol. The van der Waals surface area contributed by atoms with Crippen molar-refractivity contribution in [2.75, 3.05) is 12.3 Å². The summed E-state index contributed by atoms with van der Waals surface area (Å²) in [5, 5.41) is 10.6. The summed E-state index contributed by atoms with van der Waals surface area (Å²) in [7, 11) is -4.34. The lowest BCUT2D eigenvalue weighted by Crippen LogP contribution is -2.38. The number of carboxylic acid groups (broad SMARTS) is 1. The molecule has 0 heterocycles. The molecule has 1 aromatic carbocycles. The van der Waals surface area contributed by atoms with Crippen molar-refractivity contribution in [1.29, 1.82) is 0 Å². The molecule has 0 aliphatic rings. The molecular formula is C12H15NO6S. The monoisotopic (exact) mass is 301 g/mol. The SMILES string of the molecule is O=C(O)CNC(=O)C(Cc1ccccc1)CS(=O)(=O)O. The number of carboxylic acids is 1. The Morgan fingerprint density at radius 2 is 1.80 bits per heavy atom. The van der Waals surface area contributed by atoms with Crippen LogP contribution >= 0.6 is 0 Å². The lowest BCUT2D eigenvalue weighted by Gasteiger charge is -2.14. The molecule has 8 heteroatoms. The number of hydrogen-bond acceptors (Lipinski definition) is 4. The fraction of sp³-hybridized carbons (Fsp3) is 0.333. The van der Waals surface area contributed by atoms with Gasteiger partial charge in [0.15, 0.2) is 0 Å². The molecule has 0 aliphatic heterocycles. The first-order valence-corrected chi connectivity index (χ1v) is 7.37. The predicted molar refractivity (Wildman–Crippen MR) is 70.7 cm³/mol. The van der Waals surface area contributed by atoms with Crippen LogP contribution in [0.1, 0.15) is 5.56 Å². The topological polar surface area (TPSA) is 121 Å². The Morgan fingerprint density at radius 1 is 1.20 bits per heavy atom. The summed E-state index contributed by atoms with van der Waals surface area (Å²) in [6, 6.07) is 8.65. The zero-order valence-corrected chi connectivity index (χ0v) is 11.3. The van der Waals surface area contributed by atoms with Crippen LogP contribution in [0.3, 0.4) is 0 Å². The Hall–Kier alpha value is -1.93. The number of benzene rings is 1. The summed E-state index contributed by atoms with van der Waals surface area (Å²) >= 11 is 0. The lowest BCUT2D eigenvalue weighted by molar-refractivity contribution is -0.138. The summed E-state index contributed by atoms with van der Waals surface area (Å²) in [6.07, 6.45) is 0.0894. The summed E-state index contributed by atoms with van der Waals surface area (Å²) in [5.41, 5.74) is 0.714. The average molecular weight is 301 g/mol. The molecule has 0 saturated heterocycles.